The lowest BCUT2D eigenvalue weighted by Gasteiger charge is -2.36. The maximum absolute atomic E-state index is 12.3. The van der Waals surface area contributed by atoms with Crippen LogP contribution < -0.4 is 19.9 Å². The number of unbranched alkanes of at least 4 members (excludes halogenated alkanes) is 1. The standard InChI is InChI=1S/C24H31ClN4O2/c1-31-23-11-3-2-10-22(23)28-15-13-27(14-16-28)12-5-4-8-20-18-29(24(30)26-20)21-9-6-7-19(25)17-21/h2-3,6-7,9-11,17,20H,4-5,8,12-16,18H2,1H3,(H,26,30). The monoisotopic (exact) mass is 442 g/mol. The Morgan fingerprint density at radius 3 is 2.65 bits per heavy atom. The number of nitrogens with one attached hydrogen (secondary N) is 1. The van der Waals surface area contributed by atoms with Gasteiger partial charge >= 0.3 is 6.03 Å². The molecule has 7 heteroatoms. The summed E-state index contributed by atoms with van der Waals surface area (Å²) in [6.07, 6.45) is 3.27. The first kappa shape index (κ1) is 21.8. The quantitative estimate of drug-likeness (QED) is 0.621. The van der Waals surface area contributed by atoms with E-state index in [-0.39, 0.29) is 12.1 Å². The van der Waals surface area contributed by atoms with Gasteiger partial charge in [0.2, 0.25) is 0 Å². The zero-order valence-electron chi connectivity index (χ0n) is 18.1. The zero-order valence-corrected chi connectivity index (χ0v) is 18.9. The highest BCUT2D eigenvalue weighted by Gasteiger charge is 2.29. The van der Waals surface area contributed by atoms with Gasteiger partial charge in [-0.2, -0.15) is 0 Å². The molecule has 0 spiro atoms. The van der Waals surface area contributed by atoms with Gasteiger partial charge in [-0.1, -0.05) is 36.2 Å². The van der Waals surface area contributed by atoms with Crippen molar-refractivity contribution in [2.45, 2.75) is 25.3 Å². The van der Waals surface area contributed by atoms with Crippen LogP contribution in [0.25, 0.3) is 0 Å². The number of para-hydroxylation sites is 2. The molecule has 6 nitrogen and oxygen atoms in total. The summed E-state index contributed by atoms with van der Waals surface area (Å²) in [4.78, 5) is 19.1. The molecule has 0 aromatic heterocycles. The number of hydrogen-bond donors (Lipinski definition) is 1. The number of anilines is 2. The minimum absolute atomic E-state index is 0.0280. The number of methoxy groups -OCH3 is 1. The Bertz CT molecular complexity index is 885. The van der Waals surface area contributed by atoms with E-state index in [4.69, 9.17) is 16.3 Å². The molecule has 1 N–H and O–H groups in total. The van der Waals surface area contributed by atoms with E-state index < -0.39 is 0 Å². The van der Waals surface area contributed by atoms with Gasteiger partial charge in [-0.25, -0.2) is 4.79 Å². The fourth-order valence-electron chi connectivity index (χ4n) is 4.46. The largest absolute Gasteiger partial charge is 0.495 e. The summed E-state index contributed by atoms with van der Waals surface area (Å²) in [6, 6.07) is 15.9. The summed E-state index contributed by atoms with van der Waals surface area (Å²) in [5, 5.41) is 3.76. The average Bonchev–Trinajstić information content (AvgIpc) is 3.17. The summed E-state index contributed by atoms with van der Waals surface area (Å²) < 4.78 is 5.51. The van der Waals surface area contributed by atoms with Crippen molar-refractivity contribution in [1.29, 1.82) is 0 Å². The molecule has 2 aliphatic rings. The Labute approximate surface area is 189 Å². The molecule has 0 saturated carbocycles. The highest BCUT2D eigenvalue weighted by Crippen LogP contribution is 2.28. The Morgan fingerprint density at radius 2 is 1.87 bits per heavy atom. The van der Waals surface area contributed by atoms with Gasteiger partial charge in [0.05, 0.1) is 12.8 Å². The van der Waals surface area contributed by atoms with Gasteiger partial charge in [0.25, 0.3) is 0 Å². The van der Waals surface area contributed by atoms with Crippen molar-refractivity contribution in [2.75, 3.05) is 56.2 Å². The van der Waals surface area contributed by atoms with E-state index in [1.165, 1.54) is 5.69 Å². The SMILES string of the molecule is COc1ccccc1N1CCN(CCCCC2CN(c3cccc(Cl)c3)C(=O)N2)CC1. The van der Waals surface area contributed by atoms with Crippen molar-refractivity contribution in [3.63, 3.8) is 0 Å². The lowest BCUT2D eigenvalue weighted by Crippen LogP contribution is -2.46. The second-order valence-corrected chi connectivity index (χ2v) is 8.67. The second kappa shape index (κ2) is 10.2. The molecule has 1 unspecified atom stereocenters. The van der Waals surface area contributed by atoms with Gasteiger partial charge in [-0.15, -0.1) is 0 Å². The number of rotatable bonds is 8. The second-order valence-electron chi connectivity index (χ2n) is 8.23. The predicted octanol–water partition coefficient (Wildman–Crippen LogP) is 4.24. The molecule has 2 fully saturated rings. The molecule has 2 aromatic carbocycles. The predicted molar refractivity (Wildman–Crippen MR) is 127 cm³/mol. The van der Waals surface area contributed by atoms with E-state index in [1.54, 1.807) is 12.0 Å². The van der Waals surface area contributed by atoms with Crippen molar-refractivity contribution in [1.82, 2.24) is 10.2 Å². The van der Waals surface area contributed by atoms with Crippen LogP contribution in [0, 0.1) is 0 Å². The highest BCUT2D eigenvalue weighted by atomic mass is 35.5. The number of halogens is 1. The normalized spacial score (nSPS) is 19.5. The fraction of sp³-hybridized carbons (Fsp3) is 0.458. The third kappa shape index (κ3) is 5.43. The molecule has 2 heterocycles. The van der Waals surface area contributed by atoms with Crippen molar-refractivity contribution >= 4 is 29.0 Å². The molecule has 2 amide bonds. The van der Waals surface area contributed by atoms with Gasteiger partial charge in [0.1, 0.15) is 5.75 Å². The summed E-state index contributed by atoms with van der Waals surface area (Å²) >= 11 is 6.07. The molecule has 2 saturated heterocycles. The van der Waals surface area contributed by atoms with E-state index in [0.717, 1.165) is 63.4 Å². The zero-order chi connectivity index (χ0) is 21.6. The number of piperazine rings is 1. The lowest BCUT2D eigenvalue weighted by atomic mass is 10.1. The van der Waals surface area contributed by atoms with Gasteiger partial charge in [0.15, 0.2) is 0 Å². The smallest absolute Gasteiger partial charge is 0.322 e. The Kier molecular flexibility index (Phi) is 7.20. The van der Waals surface area contributed by atoms with E-state index in [2.05, 4.69) is 27.2 Å². The first-order valence-corrected chi connectivity index (χ1v) is 11.5. The molecule has 0 aliphatic carbocycles. The minimum atomic E-state index is -0.0280. The topological polar surface area (TPSA) is 48.1 Å². The summed E-state index contributed by atoms with van der Waals surface area (Å²) in [7, 11) is 1.73. The number of carbonyl (C=O) groups excluding carboxylic acids is 1. The van der Waals surface area contributed by atoms with Crippen LogP contribution in [0.15, 0.2) is 48.5 Å². The van der Waals surface area contributed by atoms with E-state index >= 15 is 0 Å². The molecule has 2 aromatic rings. The van der Waals surface area contributed by atoms with Gasteiger partial charge in [-0.3, -0.25) is 9.80 Å². The summed E-state index contributed by atoms with van der Waals surface area (Å²) in [6.45, 7) is 6.00. The van der Waals surface area contributed by atoms with Crippen LogP contribution in [0.1, 0.15) is 19.3 Å². The van der Waals surface area contributed by atoms with Gasteiger partial charge in [0, 0.05) is 49.5 Å². The van der Waals surface area contributed by atoms with Crippen molar-refractivity contribution in [3.05, 3.63) is 53.6 Å². The van der Waals surface area contributed by atoms with Crippen LogP contribution in [-0.2, 0) is 0 Å². The molecule has 1 atom stereocenters. The minimum Gasteiger partial charge on any atom is -0.495 e. The van der Waals surface area contributed by atoms with Crippen LogP contribution in [0.4, 0.5) is 16.2 Å². The first-order valence-electron chi connectivity index (χ1n) is 11.1. The summed E-state index contributed by atoms with van der Waals surface area (Å²) in [5.41, 5.74) is 2.05. The van der Waals surface area contributed by atoms with E-state index in [0.29, 0.717) is 11.6 Å². The molecular weight excluding hydrogens is 412 g/mol. The fourth-order valence-corrected chi connectivity index (χ4v) is 4.65. The molecule has 4 rings (SSSR count). The third-order valence-corrected chi connectivity index (χ3v) is 6.41. The first-order chi connectivity index (χ1) is 15.1. The Hall–Kier alpha value is -2.44. The molecule has 0 bridgehead atoms. The Morgan fingerprint density at radius 1 is 1.06 bits per heavy atom. The number of carbonyl (C=O) groups is 1. The van der Waals surface area contributed by atoms with Crippen molar-refractivity contribution < 1.29 is 9.53 Å². The van der Waals surface area contributed by atoms with Crippen LogP contribution in [0.5, 0.6) is 5.75 Å². The van der Waals surface area contributed by atoms with Crippen LogP contribution in [-0.4, -0.2) is 63.4 Å². The maximum atomic E-state index is 12.3. The van der Waals surface area contributed by atoms with E-state index in [1.807, 2.05) is 36.4 Å². The van der Waals surface area contributed by atoms with Crippen molar-refractivity contribution in [2.24, 2.45) is 0 Å². The number of ether oxygens (including phenoxy) is 1. The molecule has 0 radical (unpaired) electrons. The molecule has 166 valence electrons. The number of hydrogen-bond acceptors (Lipinski definition) is 4. The van der Waals surface area contributed by atoms with E-state index in [9.17, 15) is 4.79 Å². The van der Waals surface area contributed by atoms with Crippen molar-refractivity contribution in [3.8, 4) is 5.75 Å². The maximum Gasteiger partial charge on any atom is 0.322 e. The number of benzene rings is 2. The number of nitrogens with zero attached hydrogens (tertiary/aromatic N) is 3. The van der Waals surface area contributed by atoms with Crippen LogP contribution in [0.3, 0.4) is 0 Å². The molecular formula is C24H31ClN4O2. The van der Waals surface area contributed by atoms with Crippen LogP contribution in [0.2, 0.25) is 5.02 Å². The van der Waals surface area contributed by atoms with Gasteiger partial charge < -0.3 is 15.0 Å². The third-order valence-electron chi connectivity index (χ3n) is 6.17. The number of urea groups is 1. The molecule has 31 heavy (non-hydrogen) atoms. The van der Waals surface area contributed by atoms with Gasteiger partial charge in [-0.05, 0) is 49.7 Å². The lowest BCUT2D eigenvalue weighted by molar-refractivity contribution is 0.247. The average molecular weight is 443 g/mol. The van der Waals surface area contributed by atoms with Crippen LogP contribution >= 0.6 is 11.6 Å². The summed E-state index contributed by atoms with van der Waals surface area (Å²) in [5.74, 6) is 0.946. The number of amides is 2. The highest BCUT2D eigenvalue weighted by molar-refractivity contribution is 6.30. The Balaban J connectivity index is 1.16. The molecule has 2 aliphatic heterocycles.